The zero-order chi connectivity index (χ0) is 14.1. The fourth-order valence-corrected chi connectivity index (χ4v) is 2.32. The Hall–Kier alpha value is -0.870. The van der Waals surface area contributed by atoms with Crippen LogP contribution in [0.15, 0.2) is 16.8 Å². The van der Waals surface area contributed by atoms with Gasteiger partial charge in [0, 0.05) is 18.0 Å². The molecule has 19 heavy (non-hydrogen) atoms. The average molecular weight is 266 g/mol. The van der Waals surface area contributed by atoms with E-state index in [1.54, 1.807) is 0 Å². The van der Waals surface area contributed by atoms with Crippen LogP contribution in [-0.4, -0.2) is 24.5 Å². The van der Waals surface area contributed by atoms with Crippen molar-refractivity contribution in [2.24, 2.45) is 16.5 Å². The van der Waals surface area contributed by atoms with Gasteiger partial charge in [-0.15, -0.1) is 0 Å². The number of rotatable bonds is 7. The van der Waals surface area contributed by atoms with Gasteiger partial charge in [0.2, 0.25) is 0 Å². The lowest BCUT2D eigenvalue weighted by Gasteiger charge is -2.25. The molecule has 0 aromatic carbocycles. The molecule has 0 spiro atoms. The first-order valence-corrected chi connectivity index (χ1v) is 7.51. The molecule has 5 N–H and O–H groups in total. The van der Waals surface area contributed by atoms with Crippen molar-refractivity contribution in [2.75, 3.05) is 6.54 Å². The van der Waals surface area contributed by atoms with E-state index < -0.39 is 5.66 Å². The predicted molar refractivity (Wildman–Crippen MR) is 83.1 cm³/mol. The third-order valence-electron chi connectivity index (χ3n) is 3.33. The van der Waals surface area contributed by atoms with Crippen molar-refractivity contribution in [1.82, 2.24) is 5.32 Å². The molecule has 4 heteroatoms. The van der Waals surface area contributed by atoms with Crippen molar-refractivity contribution in [2.45, 2.75) is 70.5 Å². The van der Waals surface area contributed by atoms with Crippen molar-refractivity contribution in [3.63, 3.8) is 0 Å². The van der Waals surface area contributed by atoms with Crippen LogP contribution in [0.5, 0.6) is 0 Å². The van der Waals surface area contributed by atoms with Gasteiger partial charge in [-0.1, -0.05) is 19.3 Å². The standard InChI is InChI=1S/C15H30N4/c1-15(2,17)18-12-10-14(9-6-11-16)19-13-7-4-3-5-8-13/h10,12-13,19H,3-9,11,16-17H2,1-2H3/b14-10+,18-12+. The molecule has 0 aliphatic heterocycles. The summed E-state index contributed by atoms with van der Waals surface area (Å²) in [4.78, 5) is 4.30. The molecule has 0 heterocycles. The summed E-state index contributed by atoms with van der Waals surface area (Å²) < 4.78 is 0. The topological polar surface area (TPSA) is 76.4 Å². The molecule has 0 aromatic heterocycles. The minimum Gasteiger partial charge on any atom is -0.386 e. The summed E-state index contributed by atoms with van der Waals surface area (Å²) in [6.07, 6.45) is 12.5. The summed E-state index contributed by atoms with van der Waals surface area (Å²) >= 11 is 0. The van der Waals surface area contributed by atoms with Gasteiger partial charge in [-0.2, -0.15) is 0 Å². The van der Waals surface area contributed by atoms with Gasteiger partial charge in [-0.05, 0) is 52.2 Å². The maximum atomic E-state index is 5.84. The third-order valence-corrected chi connectivity index (χ3v) is 3.33. The van der Waals surface area contributed by atoms with Crippen molar-refractivity contribution in [1.29, 1.82) is 0 Å². The van der Waals surface area contributed by atoms with E-state index in [1.165, 1.54) is 37.8 Å². The molecule has 0 bridgehead atoms. The van der Waals surface area contributed by atoms with Gasteiger partial charge in [0.25, 0.3) is 0 Å². The molecule has 0 amide bonds. The Balaban J connectivity index is 2.54. The zero-order valence-electron chi connectivity index (χ0n) is 12.5. The van der Waals surface area contributed by atoms with E-state index in [0.29, 0.717) is 6.04 Å². The Kier molecular flexibility index (Phi) is 7.10. The molecule has 1 aliphatic rings. The number of allylic oxidation sites excluding steroid dienone is 2. The first-order valence-electron chi connectivity index (χ1n) is 7.51. The first-order chi connectivity index (χ1) is 9.01. The average Bonchev–Trinajstić information content (AvgIpc) is 2.35. The quantitative estimate of drug-likeness (QED) is 0.619. The molecule has 0 atom stereocenters. The number of nitrogens with one attached hydrogen (secondary N) is 1. The summed E-state index contributed by atoms with van der Waals surface area (Å²) in [7, 11) is 0. The summed E-state index contributed by atoms with van der Waals surface area (Å²) in [5, 5.41) is 3.65. The van der Waals surface area contributed by atoms with E-state index in [2.05, 4.69) is 16.4 Å². The molecule has 1 saturated carbocycles. The number of nitrogens with zero attached hydrogens (tertiary/aromatic N) is 1. The zero-order valence-corrected chi connectivity index (χ0v) is 12.5. The number of aliphatic imine (C=N–C) groups is 1. The Morgan fingerprint density at radius 3 is 2.58 bits per heavy atom. The second-order valence-corrected chi connectivity index (χ2v) is 6.00. The van der Waals surface area contributed by atoms with Gasteiger partial charge < -0.3 is 16.8 Å². The highest BCUT2D eigenvalue weighted by Gasteiger charge is 2.13. The molecule has 0 aromatic rings. The Morgan fingerprint density at radius 2 is 2.00 bits per heavy atom. The lowest BCUT2D eigenvalue weighted by molar-refractivity contribution is 0.392. The van der Waals surface area contributed by atoms with E-state index in [0.717, 1.165) is 19.4 Å². The van der Waals surface area contributed by atoms with Gasteiger partial charge in [-0.3, -0.25) is 4.99 Å². The van der Waals surface area contributed by atoms with Gasteiger partial charge in [0.15, 0.2) is 0 Å². The second kappa shape index (κ2) is 8.33. The minimum atomic E-state index is -0.500. The van der Waals surface area contributed by atoms with Gasteiger partial charge in [0.1, 0.15) is 5.66 Å². The van der Waals surface area contributed by atoms with Crippen molar-refractivity contribution < 1.29 is 0 Å². The van der Waals surface area contributed by atoms with E-state index in [9.17, 15) is 0 Å². The van der Waals surface area contributed by atoms with Crippen LogP contribution in [0.1, 0.15) is 58.8 Å². The molecule has 0 unspecified atom stereocenters. The highest BCUT2D eigenvalue weighted by molar-refractivity contribution is 5.72. The molecule has 0 radical (unpaired) electrons. The van der Waals surface area contributed by atoms with Crippen LogP contribution < -0.4 is 16.8 Å². The van der Waals surface area contributed by atoms with Gasteiger partial charge in [-0.25, -0.2) is 0 Å². The largest absolute Gasteiger partial charge is 0.386 e. The highest BCUT2D eigenvalue weighted by Crippen LogP contribution is 2.19. The third kappa shape index (κ3) is 8.01. The fraction of sp³-hybridized carbons (Fsp3) is 0.800. The van der Waals surface area contributed by atoms with E-state index >= 15 is 0 Å². The van der Waals surface area contributed by atoms with Crippen LogP contribution in [0.3, 0.4) is 0 Å². The molecule has 110 valence electrons. The first kappa shape index (κ1) is 16.2. The Labute approximate surface area is 117 Å². The molecule has 1 fully saturated rings. The number of hydrogen-bond acceptors (Lipinski definition) is 4. The Morgan fingerprint density at radius 1 is 1.32 bits per heavy atom. The molecule has 1 aliphatic carbocycles. The summed E-state index contributed by atoms with van der Waals surface area (Å²) in [6, 6.07) is 0.622. The smallest absolute Gasteiger partial charge is 0.102 e. The minimum absolute atomic E-state index is 0.500. The van der Waals surface area contributed by atoms with Crippen LogP contribution in [0.4, 0.5) is 0 Å². The van der Waals surface area contributed by atoms with Crippen LogP contribution >= 0.6 is 0 Å². The molecular formula is C15H30N4. The van der Waals surface area contributed by atoms with Crippen molar-refractivity contribution in [3.8, 4) is 0 Å². The molecular weight excluding hydrogens is 236 g/mol. The van der Waals surface area contributed by atoms with Crippen molar-refractivity contribution >= 4 is 6.21 Å². The van der Waals surface area contributed by atoms with Gasteiger partial charge >= 0.3 is 0 Å². The highest BCUT2D eigenvalue weighted by atomic mass is 15.0. The fourth-order valence-electron chi connectivity index (χ4n) is 2.32. The normalized spacial score (nSPS) is 19.1. The predicted octanol–water partition coefficient (Wildman–Crippen LogP) is 2.30. The van der Waals surface area contributed by atoms with Crippen LogP contribution in [0.25, 0.3) is 0 Å². The lowest BCUT2D eigenvalue weighted by atomic mass is 9.95. The number of hydrogen-bond donors (Lipinski definition) is 3. The maximum Gasteiger partial charge on any atom is 0.102 e. The molecule has 4 nitrogen and oxygen atoms in total. The van der Waals surface area contributed by atoms with E-state index in [-0.39, 0.29) is 0 Å². The molecule has 1 rings (SSSR count). The van der Waals surface area contributed by atoms with Crippen LogP contribution in [0.2, 0.25) is 0 Å². The van der Waals surface area contributed by atoms with Crippen LogP contribution in [0, 0.1) is 0 Å². The van der Waals surface area contributed by atoms with E-state index in [4.69, 9.17) is 11.5 Å². The van der Waals surface area contributed by atoms with Crippen molar-refractivity contribution in [3.05, 3.63) is 11.8 Å². The summed E-state index contributed by atoms with van der Waals surface area (Å²) in [5.41, 5.74) is 12.2. The van der Waals surface area contributed by atoms with Gasteiger partial charge in [0.05, 0.1) is 0 Å². The van der Waals surface area contributed by atoms with Crippen LogP contribution in [-0.2, 0) is 0 Å². The SMILES string of the molecule is CC(C)(N)/N=C/C=C(\CCCN)NC1CCCCC1. The monoisotopic (exact) mass is 266 g/mol. The Bertz CT molecular complexity index is 296. The summed E-state index contributed by atoms with van der Waals surface area (Å²) in [5.74, 6) is 0. The molecule has 0 saturated heterocycles. The van der Waals surface area contributed by atoms with E-state index in [1.807, 2.05) is 20.1 Å². The maximum absolute atomic E-state index is 5.84. The lowest BCUT2D eigenvalue weighted by Crippen LogP contribution is -2.31. The second-order valence-electron chi connectivity index (χ2n) is 6.00. The number of nitrogens with two attached hydrogens (primary N) is 2. The summed E-state index contributed by atoms with van der Waals surface area (Å²) in [6.45, 7) is 4.51.